The number of fused-ring (bicyclic) bond motifs is 5. The zero-order valence-electron chi connectivity index (χ0n) is 19.9. The molecule has 4 aliphatic carbocycles. The topological polar surface area (TPSA) is 124 Å². The van der Waals surface area contributed by atoms with Crippen LogP contribution in [0.5, 0.6) is 0 Å². The normalized spacial score (nSPS) is 48.9. The number of carboxylic acid groups (broad SMARTS) is 1. The molecule has 6 nitrogen and oxygen atoms in total. The van der Waals surface area contributed by atoms with Crippen LogP contribution >= 0.6 is 0 Å². The Bertz CT molecular complexity index is 754. The summed E-state index contributed by atoms with van der Waals surface area (Å²) in [4.78, 5) is 11.1. The summed E-state index contributed by atoms with van der Waals surface area (Å²) in [5.41, 5.74) is 6.72. The largest absolute Gasteiger partial charge is 0.481 e. The summed E-state index contributed by atoms with van der Waals surface area (Å²) >= 11 is 0. The minimum absolute atomic E-state index is 0.123. The van der Waals surface area contributed by atoms with Crippen LogP contribution in [0, 0.1) is 46.3 Å². The van der Waals surface area contributed by atoms with Gasteiger partial charge in [0.15, 0.2) is 0 Å². The molecule has 3 saturated carbocycles. The Balaban J connectivity index is 1.67. The molecule has 0 radical (unpaired) electrons. The van der Waals surface area contributed by atoms with Crippen molar-refractivity contribution in [2.24, 2.45) is 52.1 Å². The molecule has 0 aliphatic heterocycles. The van der Waals surface area contributed by atoms with Gasteiger partial charge in [-0.15, -0.1) is 0 Å². The monoisotopic (exact) mass is 449 g/mol. The van der Waals surface area contributed by atoms with Crippen LogP contribution in [0.4, 0.5) is 0 Å². The Morgan fingerprint density at radius 2 is 1.88 bits per heavy atom. The SMILES string of the molecule is CC(CCC(=O)O)C1CCC2C3C(O)CC4CC(O)C=C(CCN)C4(C)C3CC(O)C12C. The van der Waals surface area contributed by atoms with Gasteiger partial charge in [0.2, 0.25) is 0 Å². The first-order chi connectivity index (χ1) is 15.0. The number of carbonyl (C=O) groups is 1. The summed E-state index contributed by atoms with van der Waals surface area (Å²) in [6.45, 7) is 7.18. The summed E-state index contributed by atoms with van der Waals surface area (Å²) in [7, 11) is 0. The van der Waals surface area contributed by atoms with E-state index in [0.29, 0.717) is 32.2 Å². The molecule has 6 N–H and O–H groups in total. The molecule has 6 heteroatoms. The summed E-state index contributed by atoms with van der Waals surface area (Å²) in [5.74, 6) is 0.458. The number of aliphatic carboxylic acids is 1. The Labute approximate surface area is 192 Å². The highest BCUT2D eigenvalue weighted by Crippen LogP contribution is 2.69. The molecule has 0 aromatic heterocycles. The van der Waals surface area contributed by atoms with Gasteiger partial charge >= 0.3 is 5.97 Å². The molecule has 3 fully saturated rings. The molecule has 0 aromatic carbocycles. The maximum absolute atomic E-state index is 11.6. The molecule has 4 rings (SSSR count). The van der Waals surface area contributed by atoms with Crippen LogP contribution < -0.4 is 5.73 Å². The van der Waals surface area contributed by atoms with E-state index in [9.17, 15) is 20.1 Å². The lowest BCUT2D eigenvalue weighted by molar-refractivity contribution is -0.191. The maximum atomic E-state index is 11.6. The Morgan fingerprint density at radius 1 is 1.16 bits per heavy atom. The predicted molar refractivity (Wildman–Crippen MR) is 123 cm³/mol. The minimum atomic E-state index is -0.763. The van der Waals surface area contributed by atoms with E-state index >= 15 is 0 Å². The van der Waals surface area contributed by atoms with Gasteiger partial charge in [0.1, 0.15) is 0 Å². The molecule has 0 amide bonds. The molecule has 32 heavy (non-hydrogen) atoms. The van der Waals surface area contributed by atoms with Gasteiger partial charge in [-0.1, -0.05) is 32.4 Å². The highest BCUT2D eigenvalue weighted by Gasteiger charge is 2.66. The van der Waals surface area contributed by atoms with E-state index in [2.05, 4.69) is 20.8 Å². The van der Waals surface area contributed by atoms with Crippen LogP contribution in [0.2, 0.25) is 0 Å². The van der Waals surface area contributed by atoms with Gasteiger partial charge in [0, 0.05) is 6.42 Å². The molecule has 0 bridgehead atoms. The van der Waals surface area contributed by atoms with Crippen molar-refractivity contribution < 1.29 is 25.2 Å². The Morgan fingerprint density at radius 3 is 2.53 bits per heavy atom. The minimum Gasteiger partial charge on any atom is -0.481 e. The quantitative estimate of drug-likeness (QED) is 0.397. The van der Waals surface area contributed by atoms with Crippen molar-refractivity contribution in [3.8, 4) is 0 Å². The van der Waals surface area contributed by atoms with Crippen molar-refractivity contribution in [3.63, 3.8) is 0 Å². The average molecular weight is 450 g/mol. The fourth-order valence-electron chi connectivity index (χ4n) is 9.04. The molecular weight excluding hydrogens is 406 g/mol. The van der Waals surface area contributed by atoms with E-state index < -0.39 is 24.3 Å². The third-order valence-electron chi connectivity index (χ3n) is 10.6. The number of rotatable bonds is 6. The average Bonchev–Trinajstić information content (AvgIpc) is 3.07. The first-order valence-electron chi connectivity index (χ1n) is 12.7. The summed E-state index contributed by atoms with van der Waals surface area (Å²) in [6, 6.07) is 0. The first-order valence-corrected chi connectivity index (χ1v) is 12.7. The number of hydrogen-bond acceptors (Lipinski definition) is 5. The molecule has 4 aliphatic rings. The Kier molecular flexibility index (Phi) is 6.56. The summed E-state index contributed by atoms with van der Waals surface area (Å²) < 4.78 is 0. The van der Waals surface area contributed by atoms with Gasteiger partial charge in [-0.2, -0.15) is 0 Å². The number of nitrogens with two attached hydrogens (primary N) is 1. The highest BCUT2D eigenvalue weighted by atomic mass is 16.4. The van der Waals surface area contributed by atoms with Gasteiger partial charge in [0.05, 0.1) is 18.3 Å². The standard InChI is InChI=1S/C26H43NO5/c1-14(4-7-23(31)32)18-5-6-19-24-20(13-22(30)26(18,19)3)25(2)15(8-9-27)10-17(28)11-16(25)12-21(24)29/h10,14,16-22,24,28-30H,4-9,11-13,27H2,1-3H3,(H,31,32). The van der Waals surface area contributed by atoms with Crippen molar-refractivity contribution in [3.05, 3.63) is 11.6 Å². The fraction of sp³-hybridized carbons (Fsp3) is 0.885. The van der Waals surface area contributed by atoms with E-state index in [1.54, 1.807) is 0 Å². The smallest absolute Gasteiger partial charge is 0.303 e. The maximum Gasteiger partial charge on any atom is 0.303 e. The number of aliphatic hydroxyl groups is 3. The highest BCUT2D eigenvalue weighted by molar-refractivity contribution is 5.66. The van der Waals surface area contributed by atoms with E-state index in [1.165, 1.54) is 5.57 Å². The molecule has 182 valence electrons. The van der Waals surface area contributed by atoms with Gasteiger partial charge in [0.25, 0.3) is 0 Å². The van der Waals surface area contributed by atoms with Gasteiger partial charge in [-0.05, 0) is 97.8 Å². The van der Waals surface area contributed by atoms with Crippen molar-refractivity contribution in [2.75, 3.05) is 6.54 Å². The van der Waals surface area contributed by atoms with Crippen molar-refractivity contribution in [1.82, 2.24) is 0 Å². The zero-order valence-corrected chi connectivity index (χ0v) is 19.9. The second-order valence-electron chi connectivity index (χ2n) is 11.8. The molecule has 0 heterocycles. The van der Waals surface area contributed by atoms with E-state index in [0.717, 1.165) is 19.3 Å². The van der Waals surface area contributed by atoms with Crippen LogP contribution in [0.25, 0.3) is 0 Å². The van der Waals surface area contributed by atoms with E-state index in [-0.39, 0.29) is 52.8 Å². The van der Waals surface area contributed by atoms with E-state index in [4.69, 9.17) is 10.8 Å². The second kappa shape index (κ2) is 8.68. The van der Waals surface area contributed by atoms with Gasteiger partial charge in [-0.3, -0.25) is 4.79 Å². The lowest BCUT2D eigenvalue weighted by atomic mass is 9.42. The third kappa shape index (κ3) is 3.57. The first kappa shape index (κ1) is 24.2. The molecule has 0 saturated heterocycles. The lowest BCUT2D eigenvalue weighted by Gasteiger charge is -2.63. The number of aliphatic hydroxyl groups excluding tert-OH is 3. The molecular formula is C26H43NO5. The number of carboxylic acids is 1. The molecule has 11 unspecified atom stereocenters. The summed E-state index contributed by atoms with van der Waals surface area (Å²) in [6.07, 6.45) is 6.15. The zero-order chi connectivity index (χ0) is 23.4. The summed E-state index contributed by atoms with van der Waals surface area (Å²) in [5, 5.41) is 42.7. The van der Waals surface area contributed by atoms with Crippen molar-refractivity contribution in [2.45, 2.75) is 90.4 Å². The Hall–Kier alpha value is -0.950. The second-order valence-corrected chi connectivity index (χ2v) is 11.8. The van der Waals surface area contributed by atoms with Crippen molar-refractivity contribution >= 4 is 5.97 Å². The van der Waals surface area contributed by atoms with Crippen LogP contribution in [0.3, 0.4) is 0 Å². The third-order valence-corrected chi connectivity index (χ3v) is 10.6. The fourth-order valence-corrected chi connectivity index (χ4v) is 9.04. The van der Waals surface area contributed by atoms with Crippen LogP contribution in [-0.2, 0) is 4.79 Å². The van der Waals surface area contributed by atoms with Crippen LogP contribution in [0.15, 0.2) is 11.6 Å². The lowest BCUT2D eigenvalue weighted by Crippen LogP contribution is -2.62. The van der Waals surface area contributed by atoms with Crippen LogP contribution in [-0.4, -0.2) is 51.3 Å². The van der Waals surface area contributed by atoms with Gasteiger partial charge < -0.3 is 26.2 Å². The van der Waals surface area contributed by atoms with Crippen LogP contribution in [0.1, 0.15) is 72.1 Å². The molecule has 0 spiro atoms. The predicted octanol–water partition coefficient (Wildman–Crippen LogP) is 2.94. The van der Waals surface area contributed by atoms with E-state index in [1.807, 2.05) is 6.08 Å². The number of hydrogen-bond donors (Lipinski definition) is 5. The van der Waals surface area contributed by atoms with Gasteiger partial charge in [-0.25, -0.2) is 0 Å². The molecule has 0 aromatic rings. The van der Waals surface area contributed by atoms with Crippen molar-refractivity contribution in [1.29, 1.82) is 0 Å². The molecule has 11 atom stereocenters.